The lowest BCUT2D eigenvalue weighted by molar-refractivity contribution is -0.119. The SMILES string of the molecule is CC(=O)NC[C@H]1CN(c2cc(C)c(-n3ccc(C(C)=O)n3)c(C)c2)C(=O)O1. The molecule has 3 rings (SSSR count). The summed E-state index contributed by atoms with van der Waals surface area (Å²) in [6.07, 6.45) is 0.931. The van der Waals surface area contributed by atoms with E-state index < -0.39 is 6.09 Å². The molecule has 1 saturated heterocycles. The van der Waals surface area contributed by atoms with E-state index in [-0.39, 0.29) is 24.3 Å². The summed E-state index contributed by atoms with van der Waals surface area (Å²) in [6.45, 7) is 7.41. The highest BCUT2D eigenvalue weighted by molar-refractivity contribution is 5.92. The molecule has 2 aromatic rings. The van der Waals surface area contributed by atoms with Gasteiger partial charge >= 0.3 is 6.09 Å². The van der Waals surface area contributed by atoms with Gasteiger partial charge < -0.3 is 10.1 Å². The lowest BCUT2D eigenvalue weighted by atomic mass is 10.1. The van der Waals surface area contributed by atoms with Crippen molar-refractivity contribution in [2.45, 2.75) is 33.8 Å². The maximum absolute atomic E-state index is 12.2. The smallest absolute Gasteiger partial charge is 0.414 e. The van der Waals surface area contributed by atoms with Gasteiger partial charge in [-0.15, -0.1) is 0 Å². The van der Waals surface area contributed by atoms with E-state index in [0.29, 0.717) is 12.2 Å². The number of aromatic nitrogens is 2. The third kappa shape index (κ3) is 3.84. The van der Waals surface area contributed by atoms with Crippen molar-refractivity contribution < 1.29 is 19.1 Å². The summed E-state index contributed by atoms with van der Waals surface area (Å²) < 4.78 is 6.99. The molecule has 0 radical (unpaired) electrons. The minimum absolute atomic E-state index is 0.0919. The Labute approximate surface area is 157 Å². The number of ketones is 1. The van der Waals surface area contributed by atoms with Gasteiger partial charge in [0.15, 0.2) is 5.78 Å². The van der Waals surface area contributed by atoms with Gasteiger partial charge in [0.2, 0.25) is 5.91 Å². The van der Waals surface area contributed by atoms with Crippen LogP contribution in [-0.4, -0.2) is 46.8 Å². The third-order valence-corrected chi connectivity index (χ3v) is 4.42. The van der Waals surface area contributed by atoms with Crippen LogP contribution in [-0.2, 0) is 9.53 Å². The van der Waals surface area contributed by atoms with Crippen LogP contribution in [0.15, 0.2) is 24.4 Å². The van der Waals surface area contributed by atoms with Gasteiger partial charge in [0.05, 0.1) is 18.8 Å². The molecule has 0 saturated carbocycles. The number of hydrogen-bond acceptors (Lipinski definition) is 5. The minimum Gasteiger partial charge on any atom is -0.442 e. The molecular weight excluding hydrogens is 348 g/mol. The van der Waals surface area contributed by atoms with Crippen LogP contribution in [0.4, 0.5) is 10.5 Å². The summed E-state index contributed by atoms with van der Waals surface area (Å²) in [5.74, 6) is -0.254. The van der Waals surface area contributed by atoms with E-state index in [4.69, 9.17) is 4.74 Å². The molecule has 142 valence electrons. The maximum Gasteiger partial charge on any atom is 0.414 e. The molecular formula is C19H22N4O4. The van der Waals surface area contributed by atoms with E-state index in [1.807, 2.05) is 26.0 Å². The summed E-state index contributed by atoms with van der Waals surface area (Å²) in [5, 5.41) is 6.98. The first-order valence-corrected chi connectivity index (χ1v) is 8.67. The number of cyclic esters (lactones) is 1. The molecule has 8 heteroatoms. The highest BCUT2D eigenvalue weighted by atomic mass is 16.6. The van der Waals surface area contributed by atoms with Gasteiger partial charge in [-0.05, 0) is 43.2 Å². The first-order chi connectivity index (χ1) is 12.8. The van der Waals surface area contributed by atoms with E-state index in [1.165, 1.54) is 13.8 Å². The third-order valence-electron chi connectivity index (χ3n) is 4.42. The van der Waals surface area contributed by atoms with Crippen molar-refractivity contribution in [2.24, 2.45) is 0 Å². The van der Waals surface area contributed by atoms with E-state index in [1.54, 1.807) is 21.8 Å². The van der Waals surface area contributed by atoms with E-state index >= 15 is 0 Å². The second-order valence-corrected chi connectivity index (χ2v) is 6.68. The molecule has 0 aliphatic carbocycles. The Morgan fingerprint density at radius 1 is 1.26 bits per heavy atom. The van der Waals surface area contributed by atoms with Crippen LogP contribution in [0.5, 0.6) is 0 Å². The Morgan fingerprint density at radius 2 is 1.93 bits per heavy atom. The van der Waals surface area contributed by atoms with E-state index in [2.05, 4.69) is 10.4 Å². The molecule has 0 bridgehead atoms. The van der Waals surface area contributed by atoms with Crippen molar-refractivity contribution in [3.05, 3.63) is 41.2 Å². The number of carbonyl (C=O) groups is 3. The van der Waals surface area contributed by atoms with Crippen LogP contribution in [0.25, 0.3) is 5.69 Å². The van der Waals surface area contributed by atoms with Crippen LogP contribution in [0.2, 0.25) is 0 Å². The lowest BCUT2D eigenvalue weighted by Gasteiger charge is -2.18. The Bertz CT molecular complexity index is 895. The zero-order valence-corrected chi connectivity index (χ0v) is 15.8. The van der Waals surface area contributed by atoms with Crippen LogP contribution in [0.3, 0.4) is 0 Å². The van der Waals surface area contributed by atoms with Gasteiger partial charge in [-0.25, -0.2) is 9.48 Å². The van der Waals surface area contributed by atoms with Gasteiger partial charge in [-0.2, -0.15) is 5.10 Å². The first-order valence-electron chi connectivity index (χ1n) is 8.67. The number of carbonyl (C=O) groups excluding carboxylic acids is 3. The number of benzene rings is 1. The Kier molecular flexibility index (Phi) is 4.98. The molecule has 1 aromatic carbocycles. The predicted molar refractivity (Wildman–Crippen MR) is 99.3 cm³/mol. The van der Waals surface area contributed by atoms with Crippen molar-refractivity contribution >= 4 is 23.5 Å². The first kappa shape index (κ1) is 18.6. The number of aryl methyl sites for hydroxylation is 2. The fourth-order valence-corrected chi connectivity index (χ4v) is 3.18. The van der Waals surface area contributed by atoms with Crippen molar-refractivity contribution in [3.63, 3.8) is 0 Å². The normalized spacial score (nSPS) is 16.4. The Morgan fingerprint density at radius 3 is 2.48 bits per heavy atom. The summed E-state index contributed by atoms with van der Waals surface area (Å²) in [5.41, 5.74) is 3.83. The number of rotatable bonds is 5. The molecule has 1 aliphatic rings. The van der Waals surface area contributed by atoms with Crippen molar-refractivity contribution in [1.82, 2.24) is 15.1 Å². The molecule has 0 spiro atoms. The van der Waals surface area contributed by atoms with Gasteiger partial charge in [0, 0.05) is 25.7 Å². The number of nitrogens with zero attached hydrogens (tertiary/aromatic N) is 3. The molecule has 8 nitrogen and oxygen atoms in total. The average molecular weight is 370 g/mol. The molecule has 1 aromatic heterocycles. The van der Waals surface area contributed by atoms with Gasteiger partial charge in [-0.3, -0.25) is 14.5 Å². The summed E-state index contributed by atoms with van der Waals surface area (Å²) in [6, 6.07) is 5.46. The lowest BCUT2D eigenvalue weighted by Crippen LogP contribution is -2.33. The average Bonchev–Trinajstić information content (AvgIpc) is 3.19. The number of amides is 2. The summed E-state index contributed by atoms with van der Waals surface area (Å²) in [7, 11) is 0. The number of ether oxygens (including phenoxy) is 1. The molecule has 0 unspecified atom stereocenters. The van der Waals surface area contributed by atoms with Gasteiger partial charge in [0.1, 0.15) is 11.8 Å². The highest BCUT2D eigenvalue weighted by Gasteiger charge is 2.32. The zero-order chi connectivity index (χ0) is 19.7. The number of hydrogen-bond donors (Lipinski definition) is 1. The molecule has 1 N–H and O–H groups in total. The van der Waals surface area contributed by atoms with Crippen LogP contribution in [0.1, 0.15) is 35.5 Å². The molecule has 27 heavy (non-hydrogen) atoms. The van der Waals surface area contributed by atoms with Crippen LogP contribution in [0, 0.1) is 13.8 Å². The predicted octanol–water partition coefficient (Wildman–Crippen LogP) is 2.15. The maximum atomic E-state index is 12.2. The van der Waals surface area contributed by atoms with Gasteiger partial charge in [-0.1, -0.05) is 0 Å². The topological polar surface area (TPSA) is 93.5 Å². The minimum atomic E-state index is -0.435. The summed E-state index contributed by atoms with van der Waals surface area (Å²) in [4.78, 5) is 36.3. The molecule has 2 heterocycles. The summed E-state index contributed by atoms with van der Waals surface area (Å²) >= 11 is 0. The standard InChI is InChI=1S/C19H22N4O4/c1-11-7-15(22-10-16(27-19(22)26)9-20-14(4)25)8-12(2)18(11)23-6-5-17(21-23)13(3)24/h5-8,16H,9-10H2,1-4H3,(H,20,25)/t16-/m0/s1. The largest absolute Gasteiger partial charge is 0.442 e. The van der Waals surface area contributed by atoms with Crippen LogP contribution >= 0.6 is 0 Å². The monoisotopic (exact) mass is 370 g/mol. The number of Topliss-reactive ketones (excluding diaryl/α,β-unsaturated/α-hetero) is 1. The molecule has 1 fully saturated rings. The molecule has 2 amide bonds. The van der Waals surface area contributed by atoms with Gasteiger partial charge in [0.25, 0.3) is 0 Å². The van der Waals surface area contributed by atoms with Crippen molar-refractivity contribution in [1.29, 1.82) is 0 Å². The van der Waals surface area contributed by atoms with Crippen LogP contribution < -0.4 is 10.2 Å². The number of nitrogens with one attached hydrogen (secondary N) is 1. The fraction of sp³-hybridized carbons (Fsp3) is 0.368. The second kappa shape index (κ2) is 7.22. The highest BCUT2D eigenvalue weighted by Crippen LogP contribution is 2.28. The zero-order valence-electron chi connectivity index (χ0n) is 15.8. The quantitative estimate of drug-likeness (QED) is 0.814. The second-order valence-electron chi connectivity index (χ2n) is 6.68. The Hall–Kier alpha value is -3.16. The van der Waals surface area contributed by atoms with Crippen molar-refractivity contribution in [2.75, 3.05) is 18.0 Å². The molecule has 1 aliphatic heterocycles. The molecule has 1 atom stereocenters. The van der Waals surface area contributed by atoms with Crippen molar-refractivity contribution in [3.8, 4) is 5.69 Å². The van der Waals surface area contributed by atoms with E-state index in [0.717, 1.165) is 22.5 Å². The fourth-order valence-electron chi connectivity index (χ4n) is 3.18. The Balaban J connectivity index is 1.85. The number of anilines is 1. The van der Waals surface area contributed by atoms with E-state index in [9.17, 15) is 14.4 Å².